The Morgan fingerprint density at radius 1 is 0.723 bits per heavy atom. The van der Waals surface area contributed by atoms with E-state index >= 15 is 0 Å². The second kappa shape index (κ2) is 17.7. The van der Waals surface area contributed by atoms with Gasteiger partial charge in [0, 0.05) is 92.2 Å². The molecule has 0 saturated heterocycles. The van der Waals surface area contributed by atoms with Crippen molar-refractivity contribution in [2.75, 3.05) is 0 Å². The molecule has 7 nitrogen and oxygen atoms in total. The van der Waals surface area contributed by atoms with E-state index in [1.54, 1.807) is 0 Å². The Bertz CT molecular complexity index is 2050. The summed E-state index contributed by atoms with van der Waals surface area (Å²) in [5.74, 6) is 0. The predicted octanol–water partition coefficient (Wildman–Crippen LogP) is 6.69. The summed E-state index contributed by atoms with van der Waals surface area (Å²) >= 11 is 3.01. The first kappa shape index (κ1) is 41.4. The summed E-state index contributed by atoms with van der Waals surface area (Å²) in [6.07, 6.45) is 4.83. The molecule has 0 saturated carbocycles. The normalized spacial score (nSPS) is 10.9. The van der Waals surface area contributed by atoms with Gasteiger partial charge in [-0.1, -0.05) is 91.5 Å². The third-order valence-corrected chi connectivity index (χ3v) is 9.23. The summed E-state index contributed by atoms with van der Waals surface area (Å²) in [4.78, 5) is 54.1. The maximum Gasteiger partial charge on any atom is 0.108 e. The average Bonchev–Trinajstić information content (AvgIpc) is 3.82. The fourth-order valence-electron chi connectivity index (χ4n) is 5.63. The quantitative estimate of drug-likeness (QED) is 0.180. The zero-order valence-electron chi connectivity index (χ0n) is 26.8. The number of benzene rings is 2. The maximum absolute atomic E-state index is 12.4. The van der Waals surface area contributed by atoms with Gasteiger partial charge in [-0.05, 0) is 54.8 Å². The van der Waals surface area contributed by atoms with Gasteiger partial charge in [-0.15, -0.1) is 16.7 Å². The molecule has 1 radical (unpaired) electrons. The Kier molecular flexibility index (Phi) is 15.6. The minimum absolute atomic E-state index is 0. The third kappa shape index (κ3) is 7.26. The number of nitrogens with zero attached hydrogens (tertiary/aromatic N) is 3. The van der Waals surface area contributed by atoms with Crippen LogP contribution in [-0.4, -0.2) is 26.7 Å². The van der Waals surface area contributed by atoms with Gasteiger partial charge in [0.05, 0.1) is 28.5 Å². The molecule has 237 valence electrons. The van der Waals surface area contributed by atoms with E-state index in [-0.39, 0.29) is 103 Å². The molecular formula is C35H30N3O4S2U2V-3. The van der Waals surface area contributed by atoms with Crippen molar-refractivity contribution >= 4 is 55.8 Å². The van der Waals surface area contributed by atoms with Crippen LogP contribution in [0.1, 0.15) is 71.2 Å². The first-order chi connectivity index (χ1) is 21.4. The Balaban J connectivity index is 0.000000280. The summed E-state index contributed by atoms with van der Waals surface area (Å²) in [6, 6.07) is 19.0. The molecule has 4 aromatic heterocycles. The first-order valence-electron chi connectivity index (χ1n) is 14.5. The molecule has 0 amide bonds. The number of hydrogen-bond acceptors (Lipinski definition) is 7. The number of aryl methyl sites for hydroxylation is 2. The van der Waals surface area contributed by atoms with Crippen LogP contribution < -0.4 is 10.9 Å². The molecule has 12 heteroatoms. The molecular weight excluding hydrogens is 1120 g/mol. The Hall–Kier alpha value is -1.78. The van der Waals surface area contributed by atoms with Crippen molar-refractivity contribution in [3.63, 3.8) is 0 Å². The molecule has 0 atom stereocenters. The Morgan fingerprint density at radius 3 is 1.70 bits per heavy atom. The van der Waals surface area contributed by atoms with Crippen molar-refractivity contribution in [1.29, 1.82) is 0 Å². The molecule has 6 heterocycles. The Labute approximate surface area is 340 Å². The van der Waals surface area contributed by atoms with E-state index in [1.807, 2.05) is 112 Å². The standard InChI is InChI=1S/C16H9NO2S.C15H9N2O2S.2C2H6.2U.V/c1-9-6-11-15(19)12(8-18)14-7-10-4-2-3-5-13(10)17(14)16(11)20-9;1-8-16-13-14(19)10(7-18)12-6-9-4-2-3-5-11(9)17(12)15(13)20-8;2*1-2;;;/h2-5H,7H2,1H3;2-5H,6H2,1H3;2*1-2H3;;;/q-2;-1;;;;;. The van der Waals surface area contributed by atoms with Crippen LogP contribution in [0.2, 0.25) is 0 Å². The second-order valence-electron chi connectivity index (χ2n) is 9.64. The van der Waals surface area contributed by atoms with Crippen LogP contribution in [0.5, 0.6) is 0 Å². The third-order valence-electron chi connectivity index (χ3n) is 7.29. The molecule has 0 unspecified atom stereocenters. The van der Waals surface area contributed by atoms with Crippen molar-refractivity contribution in [1.82, 2.24) is 14.1 Å². The van der Waals surface area contributed by atoms with Gasteiger partial charge in [-0.2, -0.15) is 6.07 Å². The number of hydrogen-bond donors (Lipinski definition) is 0. The molecule has 0 N–H and O–H groups in total. The zero-order chi connectivity index (χ0) is 31.7. The molecule has 2 aliphatic heterocycles. The van der Waals surface area contributed by atoms with Gasteiger partial charge in [0.1, 0.15) is 10.3 Å². The number of rotatable bonds is 2. The largest absolute Gasteiger partial charge is 0.413 e. The fourth-order valence-corrected chi connectivity index (χ4v) is 7.57. The minimum atomic E-state index is -0.307. The van der Waals surface area contributed by atoms with Gasteiger partial charge in [0.25, 0.3) is 0 Å². The maximum atomic E-state index is 12.4. The number of fused-ring (bicyclic) bond motifs is 10. The van der Waals surface area contributed by atoms with Gasteiger partial charge in [0.15, 0.2) is 0 Å². The molecule has 6 aromatic rings. The van der Waals surface area contributed by atoms with Crippen LogP contribution in [0.3, 0.4) is 0 Å². The molecule has 0 spiro atoms. The first-order valence-corrected chi connectivity index (χ1v) is 16.1. The van der Waals surface area contributed by atoms with Gasteiger partial charge in [0.2, 0.25) is 0 Å². The SMILES string of the molecule is CC.CC.Cc1[c-]c2c(=O)c([C-]=O)c3n(c2s1)-c1ccccc1C3.Cc1nc2c(=O)c([C-]=O)c3n(c2s1)-c1ccccc1C3.[U].[U].[V]. The van der Waals surface area contributed by atoms with Gasteiger partial charge in [-0.25, -0.2) is 16.3 Å². The number of thiazole rings is 1. The van der Waals surface area contributed by atoms with Crippen molar-refractivity contribution in [2.24, 2.45) is 0 Å². The van der Waals surface area contributed by atoms with Crippen molar-refractivity contribution in [2.45, 2.75) is 54.4 Å². The number of thiophene rings is 1. The topological polar surface area (TPSA) is 91.0 Å². The summed E-state index contributed by atoms with van der Waals surface area (Å²) in [6.45, 7) is 11.8. The molecule has 0 aliphatic carbocycles. The smallest absolute Gasteiger partial charge is 0.108 e. The molecule has 47 heavy (non-hydrogen) atoms. The van der Waals surface area contributed by atoms with Crippen molar-refractivity contribution < 1.29 is 90.4 Å². The van der Waals surface area contributed by atoms with E-state index in [0.717, 1.165) is 53.4 Å². The Morgan fingerprint density at radius 2 is 1.19 bits per heavy atom. The van der Waals surface area contributed by atoms with E-state index in [9.17, 15) is 19.2 Å². The van der Waals surface area contributed by atoms with Crippen molar-refractivity contribution in [3.05, 3.63) is 119 Å². The number of para-hydroxylation sites is 2. The molecule has 2 aliphatic rings. The summed E-state index contributed by atoms with van der Waals surface area (Å²) in [7, 11) is 0. The van der Waals surface area contributed by atoms with Crippen molar-refractivity contribution in [3.8, 4) is 11.4 Å². The van der Waals surface area contributed by atoms with Crippen LogP contribution in [0.15, 0.2) is 58.1 Å². The monoisotopic (exact) mass is 1150 g/mol. The van der Waals surface area contributed by atoms with Crippen LogP contribution in [-0.2, 0) is 41.0 Å². The number of aromatic nitrogens is 3. The minimum Gasteiger partial charge on any atom is -0.413 e. The summed E-state index contributed by atoms with van der Waals surface area (Å²) < 4.78 is 4.00. The van der Waals surface area contributed by atoms with Gasteiger partial charge < -0.3 is 28.3 Å². The van der Waals surface area contributed by atoms with Gasteiger partial charge in [-0.3, -0.25) is 0 Å². The average molecular weight is 1150 g/mol. The number of pyridine rings is 2. The summed E-state index contributed by atoms with van der Waals surface area (Å²) in [5.41, 5.74) is 5.83. The number of carbonyl (C=O) groups excluding carboxylic acids is 2. The molecule has 0 fully saturated rings. The molecule has 8 rings (SSSR count). The fraction of sp³-hybridized carbons (Fsp3) is 0.229. The van der Waals surface area contributed by atoms with E-state index in [0.29, 0.717) is 23.7 Å². The second-order valence-corrected chi connectivity index (χ2v) is 12.0. The van der Waals surface area contributed by atoms with E-state index < -0.39 is 0 Å². The van der Waals surface area contributed by atoms with Gasteiger partial charge >= 0.3 is 0 Å². The van der Waals surface area contributed by atoms with Crippen LogP contribution in [0.4, 0.5) is 0 Å². The molecule has 2 aromatic carbocycles. The molecule has 0 bridgehead atoms. The predicted molar refractivity (Wildman–Crippen MR) is 179 cm³/mol. The van der Waals surface area contributed by atoms with Crippen LogP contribution >= 0.6 is 22.7 Å². The van der Waals surface area contributed by atoms with E-state index in [1.165, 1.54) is 22.7 Å². The van der Waals surface area contributed by atoms with E-state index in [4.69, 9.17) is 0 Å². The summed E-state index contributed by atoms with van der Waals surface area (Å²) in [5, 5.41) is 1.31. The van der Waals surface area contributed by atoms with E-state index in [2.05, 4.69) is 11.1 Å². The van der Waals surface area contributed by atoms with Crippen LogP contribution in [0.25, 0.3) is 31.9 Å². The zero-order valence-corrected chi connectivity index (χ0v) is 38.1. The van der Waals surface area contributed by atoms with Crippen LogP contribution in [0, 0.1) is 82.1 Å².